The van der Waals surface area contributed by atoms with Crippen molar-refractivity contribution < 1.29 is 10.2 Å². The number of nitrogens with one attached hydrogen (secondary N) is 2. The first-order chi connectivity index (χ1) is 13.9. The Hall–Kier alpha value is -1.93. The Morgan fingerprint density at radius 3 is 2.45 bits per heavy atom. The van der Waals surface area contributed by atoms with Crippen LogP contribution in [0.3, 0.4) is 0 Å². The molecule has 0 radical (unpaired) electrons. The Bertz CT molecular complexity index is 910. The molecule has 0 aromatic carbocycles. The third-order valence-electron chi connectivity index (χ3n) is 7.08. The maximum Gasteiger partial charge on any atom is 0.351 e. The zero-order valence-electron chi connectivity index (χ0n) is 17.5. The number of aliphatic hydroxyl groups excluding tert-OH is 1. The maximum atomic E-state index is 12.7. The van der Waals surface area contributed by atoms with Gasteiger partial charge in [-0.25, -0.2) is 9.78 Å². The zero-order chi connectivity index (χ0) is 20.6. The van der Waals surface area contributed by atoms with Gasteiger partial charge in [-0.1, -0.05) is 13.8 Å². The van der Waals surface area contributed by atoms with Crippen molar-refractivity contribution in [3.8, 4) is 0 Å². The number of aliphatic hydroxyl groups is 2. The highest BCUT2D eigenvalue weighted by Crippen LogP contribution is 2.53. The van der Waals surface area contributed by atoms with Gasteiger partial charge in [0.1, 0.15) is 11.3 Å². The van der Waals surface area contributed by atoms with Crippen LogP contribution >= 0.6 is 0 Å². The summed E-state index contributed by atoms with van der Waals surface area (Å²) >= 11 is 0. The Morgan fingerprint density at radius 2 is 1.86 bits per heavy atom. The molecule has 0 unspecified atom stereocenters. The fraction of sp³-hybridized carbons (Fsp3) is 0.762. The molecule has 0 saturated heterocycles. The lowest BCUT2D eigenvalue weighted by Gasteiger charge is -2.49. The molecular weight excluding hydrogens is 370 g/mol. The molecule has 2 heterocycles. The number of aromatic amines is 1. The van der Waals surface area contributed by atoms with Crippen molar-refractivity contribution in [3.63, 3.8) is 0 Å². The van der Waals surface area contributed by atoms with E-state index >= 15 is 0 Å². The van der Waals surface area contributed by atoms with Crippen LogP contribution in [0.25, 0.3) is 11.2 Å². The van der Waals surface area contributed by atoms with Crippen LogP contribution in [-0.4, -0.2) is 48.0 Å². The highest BCUT2D eigenvalue weighted by molar-refractivity contribution is 5.83. The molecule has 3 aliphatic rings. The van der Waals surface area contributed by atoms with E-state index < -0.39 is 5.60 Å². The topological polar surface area (TPSA) is 116 Å². The number of fused-ring (bicyclic) bond motifs is 4. The molecule has 0 spiro atoms. The quantitative estimate of drug-likeness (QED) is 0.538. The lowest BCUT2D eigenvalue weighted by Crippen LogP contribution is -2.48. The van der Waals surface area contributed by atoms with E-state index in [9.17, 15) is 15.0 Å². The summed E-state index contributed by atoms with van der Waals surface area (Å²) in [5.74, 6) is 1.45. The van der Waals surface area contributed by atoms with Gasteiger partial charge in [0.05, 0.1) is 5.60 Å². The molecule has 3 saturated carbocycles. The smallest absolute Gasteiger partial charge is 0.351 e. The lowest BCUT2D eigenvalue weighted by atomic mass is 9.58. The van der Waals surface area contributed by atoms with E-state index in [4.69, 9.17) is 4.98 Å². The molecule has 0 aliphatic heterocycles. The SMILES string of the molecule is CCCn1c(=O)nc(N[C@H](CC)CCO)c2[nH]c(C34CCC(O)(CC3)CC4)nc21. The van der Waals surface area contributed by atoms with E-state index in [1.807, 2.05) is 13.8 Å². The number of hydrogen-bond acceptors (Lipinski definition) is 6. The predicted molar refractivity (Wildman–Crippen MR) is 112 cm³/mol. The van der Waals surface area contributed by atoms with Crippen molar-refractivity contribution in [3.05, 3.63) is 16.3 Å². The molecule has 4 N–H and O–H groups in total. The number of aromatic nitrogens is 4. The summed E-state index contributed by atoms with van der Waals surface area (Å²) in [6.45, 7) is 4.74. The first-order valence-electron chi connectivity index (χ1n) is 11.0. The molecule has 2 aromatic heterocycles. The second-order valence-electron chi connectivity index (χ2n) is 8.95. The minimum Gasteiger partial charge on any atom is -0.396 e. The lowest BCUT2D eigenvalue weighted by molar-refractivity contribution is -0.0677. The largest absolute Gasteiger partial charge is 0.396 e. The van der Waals surface area contributed by atoms with E-state index in [0.29, 0.717) is 24.4 Å². The van der Waals surface area contributed by atoms with Crippen LogP contribution in [-0.2, 0) is 12.0 Å². The minimum atomic E-state index is -0.495. The highest BCUT2D eigenvalue weighted by atomic mass is 16.3. The van der Waals surface area contributed by atoms with E-state index in [1.165, 1.54) is 0 Å². The van der Waals surface area contributed by atoms with Crippen molar-refractivity contribution in [2.75, 3.05) is 11.9 Å². The van der Waals surface area contributed by atoms with Crippen LogP contribution in [0.2, 0.25) is 0 Å². The summed E-state index contributed by atoms with van der Waals surface area (Å²) in [5, 5.41) is 23.3. The average Bonchev–Trinajstić information content (AvgIpc) is 3.17. The first kappa shape index (κ1) is 20.3. The van der Waals surface area contributed by atoms with Gasteiger partial charge in [0, 0.05) is 24.6 Å². The number of H-pyrrole nitrogens is 1. The van der Waals surface area contributed by atoms with Crippen LogP contribution in [0, 0.1) is 0 Å². The fourth-order valence-electron chi connectivity index (χ4n) is 5.06. The Balaban J connectivity index is 1.79. The molecule has 3 fully saturated rings. The van der Waals surface area contributed by atoms with Crippen LogP contribution in [0.4, 0.5) is 5.82 Å². The van der Waals surface area contributed by atoms with Crippen LogP contribution in [0.15, 0.2) is 4.79 Å². The van der Waals surface area contributed by atoms with Gasteiger partial charge in [0.15, 0.2) is 11.5 Å². The van der Waals surface area contributed by atoms with Crippen LogP contribution < -0.4 is 11.0 Å². The normalized spacial score (nSPS) is 27.4. The summed E-state index contributed by atoms with van der Waals surface area (Å²) in [4.78, 5) is 25.5. The second-order valence-corrected chi connectivity index (χ2v) is 8.95. The first-order valence-corrected chi connectivity index (χ1v) is 11.0. The number of anilines is 1. The molecule has 1 atom stereocenters. The monoisotopic (exact) mass is 403 g/mol. The Labute approximate surface area is 170 Å². The molecule has 5 rings (SSSR count). The standard InChI is InChI=1S/C21H33N5O3/c1-3-12-26-17-15(16(24-19(26)28)22-14(4-2)5-13-27)23-18(25-17)20-6-9-21(29,10-7-20)11-8-20/h14,27,29H,3-13H2,1-2H3,(H,23,25)(H,22,24,28)/t14-,20?,21?/m1/s1. The van der Waals surface area contributed by atoms with E-state index in [-0.39, 0.29) is 23.8 Å². The molecule has 2 aromatic rings. The van der Waals surface area contributed by atoms with Gasteiger partial charge < -0.3 is 20.5 Å². The van der Waals surface area contributed by atoms with Gasteiger partial charge in [0.2, 0.25) is 0 Å². The predicted octanol–water partition coefficient (Wildman–Crippen LogP) is 2.44. The molecule has 0 amide bonds. The maximum absolute atomic E-state index is 12.7. The van der Waals surface area contributed by atoms with Gasteiger partial charge >= 0.3 is 5.69 Å². The third-order valence-corrected chi connectivity index (χ3v) is 7.08. The number of hydrogen-bond donors (Lipinski definition) is 4. The highest BCUT2D eigenvalue weighted by Gasteiger charge is 2.50. The second kappa shape index (κ2) is 7.72. The molecule has 2 bridgehead atoms. The third kappa shape index (κ3) is 3.57. The molecule has 29 heavy (non-hydrogen) atoms. The molecule has 3 aliphatic carbocycles. The Morgan fingerprint density at radius 1 is 1.17 bits per heavy atom. The van der Waals surface area contributed by atoms with Gasteiger partial charge in [-0.05, 0) is 57.8 Å². The number of rotatable bonds is 8. The molecule has 8 heteroatoms. The van der Waals surface area contributed by atoms with Crippen molar-refractivity contribution >= 4 is 17.0 Å². The summed E-state index contributed by atoms with van der Waals surface area (Å²) < 4.78 is 1.66. The fourth-order valence-corrected chi connectivity index (χ4v) is 5.06. The van der Waals surface area contributed by atoms with Crippen LogP contribution in [0.1, 0.15) is 77.5 Å². The molecule has 160 valence electrons. The molecular formula is C21H33N5O3. The van der Waals surface area contributed by atoms with Crippen molar-refractivity contribution in [1.82, 2.24) is 19.5 Å². The summed E-state index contributed by atoms with van der Waals surface area (Å²) in [5.41, 5.74) is 0.584. The minimum absolute atomic E-state index is 0.0430. The number of nitrogens with zero attached hydrogens (tertiary/aromatic N) is 3. The molecule has 8 nitrogen and oxygen atoms in total. The summed E-state index contributed by atoms with van der Waals surface area (Å²) in [6.07, 6.45) is 7.42. The van der Waals surface area contributed by atoms with Crippen molar-refractivity contribution in [2.24, 2.45) is 0 Å². The van der Waals surface area contributed by atoms with Gasteiger partial charge in [-0.3, -0.25) is 4.57 Å². The average molecular weight is 404 g/mol. The van der Waals surface area contributed by atoms with Gasteiger partial charge in [0.25, 0.3) is 0 Å². The zero-order valence-corrected chi connectivity index (χ0v) is 17.5. The van der Waals surface area contributed by atoms with E-state index in [2.05, 4.69) is 15.3 Å². The summed E-state index contributed by atoms with van der Waals surface area (Å²) in [6, 6.07) is 0.0430. The van der Waals surface area contributed by atoms with Gasteiger partial charge in [-0.15, -0.1) is 0 Å². The van der Waals surface area contributed by atoms with Crippen LogP contribution in [0.5, 0.6) is 0 Å². The van der Waals surface area contributed by atoms with Gasteiger partial charge in [-0.2, -0.15) is 4.98 Å². The van der Waals surface area contributed by atoms with E-state index in [0.717, 1.165) is 62.7 Å². The Kier molecular flexibility index (Phi) is 5.42. The van der Waals surface area contributed by atoms with E-state index in [1.54, 1.807) is 4.57 Å². The summed E-state index contributed by atoms with van der Waals surface area (Å²) in [7, 11) is 0. The van der Waals surface area contributed by atoms with Crippen molar-refractivity contribution in [2.45, 2.75) is 95.2 Å². The number of imidazole rings is 1. The number of aryl methyl sites for hydroxylation is 1. The van der Waals surface area contributed by atoms with Crippen molar-refractivity contribution in [1.29, 1.82) is 0 Å².